The molecule has 1 amide bonds. The van der Waals surface area contributed by atoms with Gasteiger partial charge in [-0.1, -0.05) is 30.3 Å². The molecule has 0 saturated heterocycles. The molecule has 0 aliphatic heterocycles. The molecule has 1 aromatic heterocycles. The number of amides is 1. The molecule has 110 valence electrons. The standard InChI is InChI=1S/C18H22N2O/c1-3-20(14-17-9-5-4-7-15(17)2)18(21)11-10-16-8-6-12-19-13-16/h4-9,12-13H,3,10-11,14H2,1-2H3. The van der Waals surface area contributed by atoms with E-state index in [-0.39, 0.29) is 5.91 Å². The summed E-state index contributed by atoms with van der Waals surface area (Å²) in [5.74, 6) is 0.199. The molecule has 0 spiro atoms. The van der Waals surface area contributed by atoms with Gasteiger partial charge in [0.1, 0.15) is 0 Å². The third kappa shape index (κ3) is 4.42. The van der Waals surface area contributed by atoms with Gasteiger partial charge in [-0.2, -0.15) is 0 Å². The van der Waals surface area contributed by atoms with Gasteiger partial charge in [-0.3, -0.25) is 9.78 Å². The molecule has 0 N–H and O–H groups in total. The summed E-state index contributed by atoms with van der Waals surface area (Å²) in [5.41, 5.74) is 3.56. The molecular weight excluding hydrogens is 260 g/mol. The summed E-state index contributed by atoms with van der Waals surface area (Å²) < 4.78 is 0. The summed E-state index contributed by atoms with van der Waals surface area (Å²) in [5, 5.41) is 0. The molecule has 0 saturated carbocycles. The molecule has 1 heterocycles. The predicted molar refractivity (Wildman–Crippen MR) is 84.8 cm³/mol. The van der Waals surface area contributed by atoms with Gasteiger partial charge in [-0.25, -0.2) is 0 Å². The molecule has 0 radical (unpaired) electrons. The highest BCUT2D eigenvalue weighted by molar-refractivity contribution is 5.76. The number of hydrogen-bond donors (Lipinski definition) is 0. The van der Waals surface area contributed by atoms with Crippen molar-refractivity contribution in [1.82, 2.24) is 9.88 Å². The molecule has 0 bridgehead atoms. The predicted octanol–water partition coefficient (Wildman–Crippen LogP) is 3.37. The van der Waals surface area contributed by atoms with Crippen molar-refractivity contribution < 1.29 is 4.79 Å². The van der Waals surface area contributed by atoms with Crippen LogP contribution in [0.15, 0.2) is 48.8 Å². The molecule has 3 nitrogen and oxygen atoms in total. The van der Waals surface area contributed by atoms with Gasteiger partial charge in [-0.15, -0.1) is 0 Å². The van der Waals surface area contributed by atoms with Crippen LogP contribution >= 0.6 is 0 Å². The fourth-order valence-electron chi connectivity index (χ4n) is 2.32. The van der Waals surface area contributed by atoms with E-state index in [9.17, 15) is 4.79 Å². The second-order valence-electron chi connectivity index (χ2n) is 5.20. The Bertz CT molecular complexity index is 581. The second kappa shape index (κ2) is 7.58. The quantitative estimate of drug-likeness (QED) is 0.814. The zero-order valence-electron chi connectivity index (χ0n) is 12.7. The van der Waals surface area contributed by atoms with Crippen LogP contribution in [0.1, 0.15) is 30.0 Å². The number of benzene rings is 1. The summed E-state index contributed by atoms with van der Waals surface area (Å²) in [7, 11) is 0. The Morgan fingerprint density at radius 3 is 2.67 bits per heavy atom. The van der Waals surface area contributed by atoms with Crippen molar-refractivity contribution in [3.63, 3.8) is 0 Å². The van der Waals surface area contributed by atoms with Gasteiger partial charge in [0.2, 0.25) is 5.91 Å². The number of nitrogens with zero attached hydrogens (tertiary/aromatic N) is 2. The Labute approximate surface area is 126 Å². The van der Waals surface area contributed by atoms with Crippen LogP contribution in [0.5, 0.6) is 0 Å². The lowest BCUT2D eigenvalue weighted by Gasteiger charge is -2.22. The van der Waals surface area contributed by atoms with Crippen LogP contribution in [0.3, 0.4) is 0 Å². The number of rotatable bonds is 6. The van der Waals surface area contributed by atoms with E-state index in [4.69, 9.17) is 0 Å². The van der Waals surface area contributed by atoms with Gasteiger partial charge in [0.15, 0.2) is 0 Å². The summed E-state index contributed by atoms with van der Waals surface area (Å²) in [6, 6.07) is 12.1. The fraction of sp³-hybridized carbons (Fsp3) is 0.333. The normalized spacial score (nSPS) is 10.4. The van der Waals surface area contributed by atoms with Crippen molar-refractivity contribution in [3.05, 3.63) is 65.5 Å². The molecule has 2 rings (SSSR count). The maximum absolute atomic E-state index is 12.4. The zero-order valence-corrected chi connectivity index (χ0v) is 12.7. The highest BCUT2D eigenvalue weighted by Gasteiger charge is 2.13. The molecule has 0 aliphatic rings. The molecule has 0 unspecified atom stereocenters. The van der Waals surface area contributed by atoms with Crippen molar-refractivity contribution in [2.24, 2.45) is 0 Å². The highest BCUT2D eigenvalue weighted by atomic mass is 16.2. The fourth-order valence-corrected chi connectivity index (χ4v) is 2.32. The summed E-state index contributed by atoms with van der Waals surface area (Å²) in [6.07, 6.45) is 4.86. The number of aryl methyl sites for hydroxylation is 2. The molecule has 0 aliphatic carbocycles. The molecule has 0 fully saturated rings. The molecule has 1 aromatic carbocycles. The number of carbonyl (C=O) groups excluding carboxylic acids is 1. The SMILES string of the molecule is CCN(Cc1ccccc1C)C(=O)CCc1cccnc1. The van der Waals surface area contributed by atoms with E-state index in [2.05, 4.69) is 24.0 Å². The first kappa shape index (κ1) is 15.2. The summed E-state index contributed by atoms with van der Waals surface area (Å²) >= 11 is 0. The van der Waals surface area contributed by atoms with Crippen molar-refractivity contribution in [2.45, 2.75) is 33.2 Å². The monoisotopic (exact) mass is 282 g/mol. The Hall–Kier alpha value is -2.16. The van der Waals surface area contributed by atoms with Crippen molar-refractivity contribution >= 4 is 5.91 Å². The van der Waals surface area contributed by atoms with E-state index in [1.807, 2.05) is 42.3 Å². The Kier molecular flexibility index (Phi) is 5.50. The minimum absolute atomic E-state index is 0.199. The molecular formula is C18H22N2O. The Balaban J connectivity index is 1.94. The topological polar surface area (TPSA) is 33.2 Å². The first-order valence-electron chi connectivity index (χ1n) is 7.42. The Morgan fingerprint density at radius 2 is 2.00 bits per heavy atom. The van der Waals surface area contributed by atoms with E-state index in [0.29, 0.717) is 13.0 Å². The lowest BCUT2D eigenvalue weighted by molar-refractivity contribution is -0.131. The Morgan fingerprint density at radius 1 is 1.19 bits per heavy atom. The van der Waals surface area contributed by atoms with E-state index in [1.54, 1.807) is 6.20 Å². The first-order chi connectivity index (χ1) is 10.2. The van der Waals surface area contributed by atoms with Crippen LogP contribution < -0.4 is 0 Å². The highest BCUT2D eigenvalue weighted by Crippen LogP contribution is 2.12. The number of aromatic nitrogens is 1. The van der Waals surface area contributed by atoms with Crippen LogP contribution in [0, 0.1) is 6.92 Å². The maximum atomic E-state index is 12.4. The minimum Gasteiger partial charge on any atom is -0.339 e. The average molecular weight is 282 g/mol. The van der Waals surface area contributed by atoms with E-state index >= 15 is 0 Å². The first-order valence-corrected chi connectivity index (χ1v) is 7.42. The lowest BCUT2D eigenvalue weighted by atomic mass is 10.1. The van der Waals surface area contributed by atoms with Crippen LogP contribution in [0.2, 0.25) is 0 Å². The zero-order chi connectivity index (χ0) is 15.1. The molecule has 0 atom stereocenters. The van der Waals surface area contributed by atoms with Gasteiger partial charge in [-0.05, 0) is 43.0 Å². The van der Waals surface area contributed by atoms with E-state index < -0.39 is 0 Å². The van der Waals surface area contributed by atoms with E-state index in [0.717, 1.165) is 18.5 Å². The smallest absolute Gasteiger partial charge is 0.223 e. The molecule has 3 heteroatoms. The van der Waals surface area contributed by atoms with Gasteiger partial charge in [0, 0.05) is 31.9 Å². The van der Waals surface area contributed by atoms with Crippen LogP contribution in [0.25, 0.3) is 0 Å². The summed E-state index contributed by atoms with van der Waals surface area (Å²) in [4.78, 5) is 18.4. The van der Waals surface area contributed by atoms with E-state index in [1.165, 1.54) is 11.1 Å². The third-order valence-electron chi connectivity index (χ3n) is 3.71. The third-order valence-corrected chi connectivity index (χ3v) is 3.71. The lowest BCUT2D eigenvalue weighted by Crippen LogP contribution is -2.30. The maximum Gasteiger partial charge on any atom is 0.223 e. The van der Waals surface area contributed by atoms with Gasteiger partial charge in [0.05, 0.1) is 0 Å². The number of carbonyl (C=O) groups is 1. The summed E-state index contributed by atoms with van der Waals surface area (Å²) in [6.45, 7) is 5.54. The van der Waals surface area contributed by atoms with Crippen LogP contribution in [0.4, 0.5) is 0 Å². The van der Waals surface area contributed by atoms with Crippen molar-refractivity contribution in [3.8, 4) is 0 Å². The van der Waals surface area contributed by atoms with Crippen molar-refractivity contribution in [1.29, 1.82) is 0 Å². The van der Waals surface area contributed by atoms with Crippen LogP contribution in [-0.2, 0) is 17.8 Å². The second-order valence-corrected chi connectivity index (χ2v) is 5.20. The van der Waals surface area contributed by atoms with Gasteiger partial charge >= 0.3 is 0 Å². The van der Waals surface area contributed by atoms with Crippen LogP contribution in [-0.4, -0.2) is 22.3 Å². The number of hydrogen-bond acceptors (Lipinski definition) is 2. The average Bonchev–Trinajstić information content (AvgIpc) is 2.53. The number of pyridine rings is 1. The minimum atomic E-state index is 0.199. The molecule has 21 heavy (non-hydrogen) atoms. The van der Waals surface area contributed by atoms with Gasteiger partial charge in [0.25, 0.3) is 0 Å². The van der Waals surface area contributed by atoms with Crippen molar-refractivity contribution in [2.75, 3.05) is 6.54 Å². The largest absolute Gasteiger partial charge is 0.339 e. The molecule has 2 aromatic rings. The van der Waals surface area contributed by atoms with Gasteiger partial charge < -0.3 is 4.90 Å².